The normalized spacial score (nSPS) is 17.5. The van der Waals surface area contributed by atoms with Crippen molar-refractivity contribution in [2.45, 2.75) is 53.7 Å². The van der Waals surface area contributed by atoms with E-state index in [-0.39, 0.29) is 17.6 Å². The molecule has 0 aliphatic heterocycles. The minimum Gasteiger partial charge on any atom is -0.376 e. The molecule has 2 N–H and O–H groups in total. The average Bonchev–Trinajstić information content (AvgIpc) is 1.81. The molecule has 0 aromatic carbocycles. The molecule has 2 nitrogen and oxygen atoms in total. The molecule has 13 heavy (non-hydrogen) atoms. The quantitative estimate of drug-likeness (QED) is 0.733. The Kier molecular flexibility index (Phi) is 4.93. The molecule has 0 saturated carbocycles. The minimum atomic E-state index is 0.0961. The first kappa shape index (κ1) is 12.9. The van der Waals surface area contributed by atoms with E-state index in [1.54, 1.807) is 0 Å². The van der Waals surface area contributed by atoms with Gasteiger partial charge in [0, 0.05) is 12.6 Å². The van der Waals surface area contributed by atoms with Crippen LogP contribution < -0.4 is 5.73 Å². The van der Waals surface area contributed by atoms with Gasteiger partial charge in [0.25, 0.3) is 0 Å². The summed E-state index contributed by atoms with van der Waals surface area (Å²) < 4.78 is 5.80. The lowest BCUT2D eigenvalue weighted by molar-refractivity contribution is -0.0406. The molecule has 0 aromatic rings. The molecular formula is C11H25NO. The minimum absolute atomic E-state index is 0.0961. The van der Waals surface area contributed by atoms with Crippen LogP contribution in [0.25, 0.3) is 0 Å². The first-order valence-electron chi connectivity index (χ1n) is 5.12. The Labute approximate surface area is 82.8 Å². The van der Waals surface area contributed by atoms with E-state index < -0.39 is 0 Å². The fourth-order valence-electron chi connectivity index (χ4n) is 1.49. The maximum absolute atomic E-state index is 5.88. The predicted molar refractivity (Wildman–Crippen MR) is 57.7 cm³/mol. The number of ether oxygens (including phenoxy) is 1. The number of hydrogen-bond donors (Lipinski definition) is 1. The Balaban J connectivity index is 4.12. The van der Waals surface area contributed by atoms with Gasteiger partial charge in [-0.15, -0.1) is 0 Å². The van der Waals surface area contributed by atoms with E-state index in [9.17, 15) is 0 Å². The lowest BCUT2D eigenvalue weighted by Gasteiger charge is -2.34. The summed E-state index contributed by atoms with van der Waals surface area (Å²) in [7, 11) is 0. The Morgan fingerprint density at radius 2 is 1.62 bits per heavy atom. The van der Waals surface area contributed by atoms with Crippen LogP contribution in [0.4, 0.5) is 0 Å². The third-order valence-corrected chi connectivity index (χ3v) is 1.94. The second kappa shape index (κ2) is 4.97. The van der Waals surface area contributed by atoms with Gasteiger partial charge in [0.15, 0.2) is 0 Å². The van der Waals surface area contributed by atoms with Crippen LogP contribution in [-0.4, -0.2) is 18.8 Å². The van der Waals surface area contributed by atoms with Crippen molar-refractivity contribution in [1.29, 1.82) is 0 Å². The van der Waals surface area contributed by atoms with Crippen molar-refractivity contribution in [2.75, 3.05) is 6.61 Å². The standard InChI is InChI=1S/C11H25NO/c1-8(2)7-13-10(9(3)12)11(4,5)6/h8-10H,7,12H2,1-6H3. The third kappa shape index (κ3) is 5.27. The summed E-state index contributed by atoms with van der Waals surface area (Å²) in [5.74, 6) is 0.573. The maximum Gasteiger partial charge on any atom is 0.0771 e. The molecule has 0 aliphatic carbocycles. The zero-order valence-corrected chi connectivity index (χ0v) is 9.92. The fourth-order valence-corrected chi connectivity index (χ4v) is 1.49. The monoisotopic (exact) mass is 187 g/mol. The number of rotatable bonds is 4. The molecule has 0 bridgehead atoms. The third-order valence-electron chi connectivity index (χ3n) is 1.94. The van der Waals surface area contributed by atoms with Gasteiger partial charge in [0.1, 0.15) is 0 Å². The average molecular weight is 187 g/mol. The molecule has 2 unspecified atom stereocenters. The predicted octanol–water partition coefficient (Wildman–Crippen LogP) is 2.42. The van der Waals surface area contributed by atoms with Gasteiger partial charge in [-0.3, -0.25) is 0 Å². The number of nitrogens with two attached hydrogens (primary N) is 1. The van der Waals surface area contributed by atoms with Gasteiger partial charge in [-0.05, 0) is 18.3 Å². The summed E-state index contributed by atoms with van der Waals surface area (Å²) >= 11 is 0. The van der Waals surface area contributed by atoms with E-state index in [1.165, 1.54) is 0 Å². The van der Waals surface area contributed by atoms with Gasteiger partial charge in [-0.25, -0.2) is 0 Å². The molecule has 0 aliphatic rings. The maximum atomic E-state index is 5.88. The molecule has 0 saturated heterocycles. The second-order valence-corrected chi connectivity index (χ2v) is 5.37. The van der Waals surface area contributed by atoms with Crippen molar-refractivity contribution >= 4 is 0 Å². The van der Waals surface area contributed by atoms with Crippen LogP contribution in [0, 0.1) is 11.3 Å². The lowest BCUT2D eigenvalue weighted by atomic mass is 9.85. The van der Waals surface area contributed by atoms with Crippen LogP contribution in [0.15, 0.2) is 0 Å². The van der Waals surface area contributed by atoms with Crippen LogP contribution in [0.3, 0.4) is 0 Å². The van der Waals surface area contributed by atoms with Crippen molar-refractivity contribution in [3.8, 4) is 0 Å². The molecule has 0 amide bonds. The van der Waals surface area contributed by atoms with E-state index in [0.717, 1.165) is 6.61 Å². The van der Waals surface area contributed by atoms with Crippen molar-refractivity contribution in [2.24, 2.45) is 17.1 Å². The van der Waals surface area contributed by atoms with Gasteiger partial charge in [-0.2, -0.15) is 0 Å². The second-order valence-electron chi connectivity index (χ2n) is 5.37. The highest BCUT2D eigenvalue weighted by molar-refractivity contribution is 4.81. The molecular weight excluding hydrogens is 162 g/mol. The summed E-state index contributed by atoms with van der Waals surface area (Å²) in [6.07, 6.45) is 0.148. The van der Waals surface area contributed by atoms with E-state index in [0.29, 0.717) is 5.92 Å². The van der Waals surface area contributed by atoms with Crippen LogP contribution >= 0.6 is 0 Å². The highest BCUT2D eigenvalue weighted by atomic mass is 16.5. The molecule has 0 heterocycles. The summed E-state index contributed by atoms with van der Waals surface area (Å²) in [5, 5.41) is 0. The molecule has 0 spiro atoms. The zero-order valence-electron chi connectivity index (χ0n) is 9.92. The van der Waals surface area contributed by atoms with Crippen LogP contribution in [0.1, 0.15) is 41.5 Å². The van der Waals surface area contributed by atoms with Crippen molar-refractivity contribution in [1.82, 2.24) is 0 Å². The van der Waals surface area contributed by atoms with E-state index in [4.69, 9.17) is 10.5 Å². The van der Waals surface area contributed by atoms with Gasteiger partial charge < -0.3 is 10.5 Å². The van der Waals surface area contributed by atoms with Crippen LogP contribution in [0.2, 0.25) is 0 Å². The summed E-state index contributed by atoms with van der Waals surface area (Å²) in [4.78, 5) is 0. The Hall–Kier alpha value is -0.0800. The number of hydrogen-bond acceptors (Lipinski definition) is 2. The van der Waals surface area contributed by atoms with Gasteiger partial charge in [0.05, 0.1) is 6.10 Å². The molecule has 0 rings (SSSR count). The summed E-state index contributed by atoms with van der Waals surface area (Å²) in [6, 6.07) is 0.0961. The van der Waals surface area contributed by atoms with Crippen molar-refractivity contribution < 1.29 is 4.74 Å². The van der Waals surface area contributed by atoms with Crippen LogP contribution in [-0.2, 0) is 4.74 Å². The van der Waals surface area contributed by atoms with Crippen LogP contribution in [0.5, 0.6) is 0 Å². The smallest absolute Gasteiger partial charge is 0.0771 e. The van der Waals surface area contributed by atoms with Gasteiger partial charge in [0.2, 0.25) is 0 Å². The molecule has 80 valence electrons. The molecule has 0 fully saturated rings. The van der Waals surface area contributed by atoms with Gasteiger partial charge >= 0.3 is 0 Å². The van der Waals surface area contributed by atoms with Gasteiger partial charge in [-0.1, -0.05) is 34.6 Å². The highest BCUT2D eigenvalue weighted by Crippen LogP contribution is 2.24. The molecule has 0 radical (unpaired) electrons. The molecule has 2 heteroatoms. The summed E-state index contributed by atoms with van der Waals surface area (Å²) in [6.45, 7) is 13.6. The fraction of sp³-hybridized carbons (Fsp3) is 1.00. The highest BCUT2D eigenvalue weighted by Gasteiger charge is 2.28. The molecule has 0 aromatic heterocycles. The lowest BCUT2D eigenvalue weighted by Crippen LogP contribution is -2.44. The van der Waals surface area contributed by atoms with E-state index >= 15 is 0 Å². The van der Waals surface area contributed by atoms with E-state index in [1.807, 2.05) is 6.92 Å². The van der Waals surface area contributed by atoms with E-state index in [2.05, 4.69) is 34.6 Å². The Bertz CT molecular complexity index is 136. The van der Waals surface area contributed by atoms with Crippen molar-refractivity contribution in [3.05, 3.63) is 0 Å². The van der Waals surface area contributed by atoms with Crippen molar-refractivity contribution in [3.63, 3.8) is 0 Å². The first-order chi connectivity index (χ1) is 5.75. The Morgan fingerprint density at radius 3 is 1.85 bits per heavy atom. The zero-order chi connectivity index (χ0) is 10.6. The first-order valence-corrected chi connectivity index (χ1v) is 5.12. The molecule has 2 atom stereocenters. The Morgan fingerprint density at radius 1 is 1.15 bits per heavy atom. The summed E-state index contributed by atoms with van der Waals surface area (Å²) in [5.41, 5.74) is 6.01. The largest absolute Gasteiger partial charge is 0.376 e. The SMILES string of the molecule is CC(C)COC(C(C)N)C(C)(C)C. The topological polar surface area (TPSA) is 35.2 Å².